The summed E-state index contributed by atoms with van der Waals surface area (Å²) in [5.74, 6) is 0.148. The number of hydrogen-bond acceptors (Lipinski definition) is 3. The van der Waals surface area contributed by atoms with Crippen LogP contribution in [0.4, 0.5) is 4.39 Å². The lowest BCUT2D eigenvalue weighted by Crippen LogP contribution is -2.25. The van der Waals surface area contributed by atoms with Gasteiger partial charge in [-0.1, -0.05) is 12.1 Å². The molecular formula is C14H14FNO2. The van der Waals surface area contributed by atoms with Gasteiger partial charge in [0.05, 0.1) is 7.11 Å². The van der Waals surface area contributed by atoms with Gasteiger partial charge in [-0.15, -0.1) is 0 Å². The first-order valence-electron chi connectivity index (χ1n) is 5.53. The summed E-state index contributed by atoms with van der Waals surface area (Å²) >= 11 is 0. The fourth-order valence-corrected chi connectivity index (χ4v) is 1.83. The van der Waals surface area contributed by atoms with E-state index >= 15 is 0 Å². The second kappa shape index (κ2) is 4.74. The summed E-state index contributed by atoms with van der Waals surface area (Å²) in [4.78, 5) is 4.15. The lowest BCUT2D eigenvalue weighted by atomic mass is 9.91. The van der Waals surface area contributed by atoms with Gasteiger partial charge >= 0.3 is 0 Å². The van der Waals surface area contributed by atoms with Crippen LogP contribution in [-0.2, 0) is 5.60 Å². The Kier molecular flexibility index (Phi) is 3.30. The number of aromatic nitrogens is 1. The van der Waals surface area contributed by atoms with E-state index < -0.39 is 5.60 Å². The van der Waals surface area contributed by atoms with Crippen molar-refractivity contribution in [2.24, 2.45) is 0 Å². The number of methoxy groups -OCH3 is 1. The monoisotopic (exact) mass is 247 g/mol. The van der Waals surface area contributed by atoms with Crippen LogP contribution < -0.4 is 4.74 Å². The zero-order valence-electron chi connectivity index (χ0n) is 10.2. The van der Waals surface area contributed by atoms with Crippen LogP contribution in [0.2, 0.25) is 0 Å². The highest BCUT2D eigenvalue weighted by Crippen LogP contribution is 2.33. The maximum absolute atomic E-state index is 12.9. The zero-order valence-corrected chi connectivity index (χ0v) is 10.2. The van der Waals surface area contributed by atoms with Crippen molar-refractivity contribution < 1.29 is 14.2 Å². The summed E-state index contributed by atoms with van der Waals surface area (Å²) in [6, 6.07) is 9.12. The van der Waals surface area contributed by atoms with Crippen LogP contribution in [0.5, 0.6) is 5.75 Å². The molecule has 0 aliphatic carbocycles. The van der Waals surface area contributed by atoms with Gasteiger partial charge < -0.3 is 9.84 Å². The van der Waals surface area contributed by atoms with E-state index in [-0.39, 0.29) is 5.82 Å². The lowest BCUT2D eigenvalue weighted by Gasteiger charge is -2.24. The Morgan fingerprint density at radius 2 is 1.89 bits per heavy atom. The molecule has 1 unspecified atom stereocenters. The third-order valence-corrected chi connectivity index (χ3v) is 2.86. The molecule has 0 spiro atoms. The van der Waals surface area contributed by atoms with Gasteiger partial charge in [-0.05, 0) is 36.8 Å². The quantitative estimate of drug-likeness (QED) is 0.906. The third kappa shape index (κ3) is 2.19. The molecule has 0 saturated heterocycles. The number of benzene rings is 1. The summed E-state index contributed by atoms with van der Waals surface area (Å²) in [7, 11) is 1.52. The van der Waals surface area contributed by atoms with E-state index in [9.17, 15) is 9.50 Å². The average Bonchev–Trinajstić information content (AvgIpc) is 2.39. The van der Waals surface area contributed by atoms with Crippen molar-refractivity contribution in [2.75, 3.05) is 7.11 Å². The SMILES string of the molecule is COc1cccnc1C(C)(O)c1ccc(F)cc1. The maximum Gasteiger partial charge on any atom is 0.143 e. The van der Waals surface area contributed by atoms with Gasteiger partial charge in [0, 0.05) is 6.20 Å². The van der Waals surface area contributed by atoms with Crippen molar-refractivity contribution in [2.45, 2.75) is 12.5 Å². The van der Waals surface area contributed by atoms with Crippen molar-refractivity contribution in [1.29, 1.82) is 0 Å². The molecule has 1 N–H and O–H groups in total. The number of halogens is 1. The Balaban J connectivity index is 2.50. The van der Waals surface area contributed by atoms with E-state index in [1.807, 2.05) is 0 Å². The van der Waals surface area contributed by atoms with Crippen molar-refractivity contribution >= 4 is 0 Å². The molecule has 1 aromatic carbocycles. The molecular weight excluding hydrogens is 233 g/mol. The molecule has 0 saturated carbocycles. The van der Waals surface area contributed by atoms with E-state index in [0.717, 1.165) is 0 Å². The molecule has 2 rings (SSSR count). The molecule has 0 amide bonds. The van der Waals surface area contributed by atoms with Crippen molar-refractivity contribution in [3.05, 3.63) is 59.7 Å². The first-order chi connectivity index (χ1) is 8.55. The summed E-state index contributed by atoms with van der Waals surface area (Å²) < 4.78 is 18.1. The Hall–Kier alpha value is -1.94. The first-order valence-corrected chi connectivity index (χ1v) is 5.53. The molecule has 1 aromatic heterocycles. The molecule has 0 aliphatic rings. The fourth-order valence-electron chi connectivity index (χ4n) is 1.83. The molecule has 1 heterocycles. The Labute approximate surface area is 105 Å². The van der Waals surface area contributed by atoms with Crippen LogP contribution in [0, 0.1) is 5.82 Å². The van der Waals surface area contributed by atoms with Crippen molar-refractivity contribution in [3.8, 4) is 5.75 Å². The first kappa shape index (κ1) is 12.5. The van der Waals surface area contributed by atoms with E-state index in [1.54, 1.807) is 25.3 Å². The van der Waals surface area contributed by atoms with Crippen LogP contribution in [0.1, 0.15) is 18.2 Å². The van der Waals surface area contributed by atoms with Crippen LogP contribution in [0.15, 0.2) is 42.6 Å². The van der Waals surface area contributed by atoms with Crippen LogP contribution in [0.3, 0.4) is 0 Å². The number of aliphatic hydroxyl groups is 1. The molecule has 18 heavy (non-hydrogen) atoms. The maximum atomic E-state index is 12.9. The predicted octanol–water partition coefficient (Wildman–Crippen LogP) is 2.49. The third-order valence-electron chi connectivity index (χ3n) is 2.86. The lowest BCUT2D eigenvalue weighted by molar-refractivity contribution is 0.0938. The zero-order chi connectivity index (χ0) is 13.2. The number of nitrogens with zero attached hydrogens (tertiary/aromatic N) is 1. The minimum Gasteiger partial charge on any atom is -0.495 e. The second-order valence-corrected chi connectivity index (χ2v) is 4.13. The average molecular weight is 247 g/mol. The Bertz CT molecular complexity index is 538. The van der Waals surface area contributed by atoms with Crippen molar-refractivity contribution in [1.82, 2.24) is 4.98 Å². The van der Waals surface area contributed by atoms with Crippen LogP contribution in [-0.4, -0.2) is 17.2 Å². The topological polar surface area (TPSA) is 42.4 Å². The highest BCUT2D eigenvalue weighted by molar-refractivity contribution is 5.39. The summed E-state index contributed by atoms with van der Waals surface area (Å²) in [6.07, 6.45) is 1.58. The molecule has 0 radical (unpaired) electrons. The van der Waals surface area contributed by atoms with Gasteiger partial charge in [-0.2, -0.15) is 0 Å². The van der Waals surface area contributed by atoms with Crippen LogP contribution >= 0.6 is 0 Å². The summed E-state index contributed by atoms with van der Waals surface area (Å²) in [5, 5.41) is 10.6. The van der Waals surface area contributed by atoms with Gasteiger partial charge in [-0.25, -0.2) is 4.39 Å². The Morgan fingerprint density at radius 1 is 1.22 bits per heavy atom. The highest BCUT2D eigenvalue weighted by Gasteiger charge is 2.30. The molecule has 3 nitrogen and oxygen atoms in total. The highest BCUT2D eigenvalue weighted by atomic mass is 19.1. The molecule has 94 valence electrons. The number of rotatable bonds is 3. The molecule has 1 atom stereocenters. The van der Waals surface area contributed by atoms with Crippen molar-refractivity contribution in [3.63, 3.8) is 0 Å². The summed E-state index contributed by atoms with van der Waals surface area (Å²) in [6.45, 7) is 1.60. The number of ether oxygens (including phenoxy) is 1. The number of hydrogen-bond donors (Lipinski definition) is 1. The Morgan fingerprint density at radius 3 is 2.50 bits per heavy atom. The van der Waals surface area contributed by atoms with Gasteiger partial charge in [-0.3, -0.25) is 4.98 Å². The van der Waals surface area contributed by atoms with E-state index in [4.69, 9.17) is 4.74 Å². The van der Waals surface area contributed by atoms with E-state index in [2.05, 4.69) is 4.98 Å². The second-order valence-electron chi connectivity index (χ2n) is 4.13. The predicted molar refractivity (Wildman–Crippen MR) is 65.9 cm³/mol. The van der Waals surface area contributed by atoms with Crippen LogP contribution in [0.25, 0.3) is 0 Å². The van der Waals surface area contributed by atoms with Gasteiger partial charge in [0.2, 0.25) is 0 Å². The van der Waals surface area contributed by atoms with E-state index in [1.165, 1.54) is 31.4 Å². The molecule has 2 aromatic rings. The number of pyridine rings is 1. The minimum atomic E-state index is -1.33. The summed E-state index contributed by atoms with van der Waals surface area (Å²) in [5.41, 5.74) is -0.375. The standard InChI is InChI=1S/C14H14FNO2/c1-14(17,10-5-7-11(15)8-6-10)13-12(18-2)4-3-9-16-13/h3-9,17H,1-2H3. The van der Waals surface area contributed by atoms with Gasteiger partial charge in [0.15, 0.2) is 0 Å². The normalized spacial score (nSPS) is 14.0. The molecule has 0 bridgehead atoms. The molecule has 0 fully saturated rings. The largest absolute Gasteiger partial charge is 0.495 e. The van der Waals surface area contributed by atoms with Gasteiger partial charge in [0.25, 0.3) is 0 Å². The minimum absolute atomic E-state index is 0.345. The molecule has 4 heteroatoms. The van der Waals surface area contributed by atoms with Gasteiger partial charge in [0.1, 0.15) is 22.9 Å². The molecule has 0 aliphatic heterocycles. The smallest absolute Gasteiger partial charge is 0.143 e. The fraction of sp³-hybridized carbons (Fsp3) is 0.214. The van der Waals surface area contributed by atoms with E-state index in [0.29, 0.717) is 17.0 Å².